The van der Waals surface area contributed by atoms with Gasteiger partial charge in [0.05, 0.1) is 30.1 Å². The SMILES string of the molecule is COc1c(CN2CC3CC3(CO)C2)ccc(OC2CCc3c(-c4cccc(NC(=O)c5nc6c(n5C)CCN(C)C6)c4Cl)cccc32)c1F. The van der Waals surface area contributed by atoms with Crippen molar-refractivity contribution in [2.24, 2.45) is 18.4 Å². The molecule has 3 atom stereocenters. The number of fused-ring (bicyclic) bond motifs is 3. The Morgan fingerprint density at radius 1 is 1.14 bits per heavy atom. The molecule has 1 amide bonds. The van der Waals surface area contributed by atoms with E-state index in [-0.39, 0.29) is 35.5 Å². The molecule has 4 aliphatic rings. The van der Waals surface area contributed by atoms with Crippen molar-refractivity contribution in [3.63, 3.8) is 0 Å². The van der Waals surface area contributed by atoms with Gasteiger partial charge in [-0.05, 0) is 61.1 Å². The Balaban J connectivity index is 1.01. The van der Waals surface area contributed by atoms with Gasteiger partial charge in [-0.3, -0.25) is 9.69 Å². The number of methoxy groups -OCH3 is 1. The van der Waals surface area contributed by atoms with Gasteiger partial charge in [-0.25, -0.2) is 4.98 Å². The van der Waals surface area contributed by atoms with Gasteiger partial charge in [0, 0.05) is 68.4 Å². The summed E-state index contributed by atoms with van der Waals surface area (Å²) >= 11 is 7.00. The Morgan fingerprint density at radius 2 is 1.96 bits per heavy atom. The molecule has 0 bridgehead atoms. The topological polar surface area (TPSA) is 92.1 Å². The fourth-order valence-electron chi connectivity index (χ4n) is 8.35. The van der Waals surface area contributed by atoms with E-state index in [2.05, 4.69) is 27.1 Å². The molecule has 2 fully saturated rings. The van der Waals surface area contributed by atoms with Crippen molar-refractivity contribution in [3.05, 3.63) is 93.3 Å². The molecule has 1 aromatic heterocycles. The number of likely N-dealkylation sites (tertiary alicyclic amines) is 1. The molecular formula is C38H41ClFN5O4. The number of hydrogen-bond acceptors (Lipinski definition) is 7. The van der Waals surface area contributed by atoms with E-state index in [1.165, 1.54) is 7.11 Å². The zero-order valence-corrected chi connectivity index (χ0v) is 28.8. The zero-order valence-electron chi connectivity index (χ0n) is 28.1. The second-order valence-corrected chi connectivity index (χ2v) is 14.6. The maximum atomic E-state index is 15.9. The van der Waals surface area contributed by atoms with E-state index < -0.39 is 5.82 Å². The van der Waals surface area contributed by atoms with Crippen LogP contribution in [0.2, 0.25) is 5.02 Å². The van der Waals surface area contributed by atoms with E-state index in [9.17, 15) is 9.90 Å². The lowest BCUT2D eigenvalue weighted by atomic mass is 9.96. The van der Waals surface area contributed by atoms with Crippen LogP contribution in [0.4, 0.5) is 10.1 Å². The normalized spacial score (nSPS) is 22.8. The Hall–Kier alpha value is -3.96. The van der Waals surface area contributed by atoms with Gasteiger partial charge in [-0.1, -0.05) is 48.0 Å². The number of aromatic nitrogens is 2. The first-order valence-electron chi connectivity index (χ1n) is 17.0. The molecule has 4 aromatic rings. The number of anilines is 1. The Morgan fingerprint density at radius 3 is 2.76 bits per heavy atom. The molecule has 11 heteroatoms. The van der Waals surface area contributed by atoms with Gasteiger partial charge in [0.15, 0.2) is 17.3 Å². The summed E-state index contributed by atoms with van der Waals surface area (Å²) in [6.07, 6.45) is 2.99. The van der Waals surface area contributed by atoms with Gasteiger partial charge in [0.2, 0.25) is 5.82 Å². The van der Waals surface area contributed by atoms with E-state index in [1.54, 1.807) is 12.1 Å². The predicted molar refractivity (Wildman–Crippen MR) is 186 cm³/mol. The Labute approximate surface area is 290 Å². The van der Waals surface area contributed by atoms with Crippen molar-refractivity contribution >= 4 is 23.2 Å². The van der Waals surface area contributed by atoms with Gasteiger partial charge in [-0.2, -0.15) is 4.39 Å². The maximum Gasteiger partial charge on any atom is 0.291 e. The first-order chi connectivity index (χ1) is 23.7. The number of hydrogen-bond donors (Lipinski definition) is 2. The van der Waals surface area contributed by atoms with Gasteiger partial charge >= 0.3 is 0 Å². The number of rotatable bonds is 9. The lowest BCUT2D eigenvalue weighted by Crippen LogP contribution is -2.27. The van der Waals surface area contributed by atoms with Crippen molar-refractivity contribution in [2.45, 2.75) is 44.9 Å². The van der Waals surface area contributed by atoms with Gasteiger partial charge in [0.25, 0.3) is 5.91 Å². The summed E-state index contributed by atoms with van der Waals surface area (Å²) in [6, 6.07) is 15.2. The highest BCUT2D eigenvalue weighted by Crippen LogP contribution is 2.57. The minimum absolute atomic E-state index is 0.0276. The summed E-state index contributed by atoms with van der Waals surface area (Å²) in [4.78, 5) is 22.5. The number of nitrogens with zero attached hydrogens (tertiary/aromatic N) is 4. The molecule has 2 aliphatic heterocycles. The first kappa shape index (κ1) is 32.3. The van der Waals surface area contributed by atoms with Crippen LogP contribution in [-0.4, -0.2) is 70.8 Å². The minimum Gasteiger partial charge on any atom is -0.493 e. The highest BCUT2D eigenvalue weighted by atomic mass is 35.5. The maximum absolute atomic E-state index is 15.9. The standard InChI is InChI=1S/C38H41ClFN5O4/c1-43-15-14-30-29(19-43)41-36(44(30)2)37(47)42-28-9-5-8-27(33(28)39)24-6-4-7-26-25(24)11-13-31(26)49-32-12-10-22(35(48-3)34(32)40)17-45-18-23-16-38(23,20-45)21-46/h4-10,12,23,31,46H,11,13-21H2,1-3H3,(H,42,47). The number of likely N-dealkylation sites (N-methyl/N-ethyl adjacent to an activating group) is 1. The quantitative estimate of drug-likeness (QED) is 0.223. The monoisotopic (exact) mass is 685 g/mol. The van der Waals surface area contributed by atoms with Crippen LogP contribution in [0.5, 0.6) is 11.5 Å². The molecule has 1 saturated carbocycles. The molecule has 3 aromatic carbocycles. The second kappa shape index (κ2) is 12.4. The number of imidazole rings is 1. The molecule has 9 nitrogen and oxygen atoms in total. The van der Waals surface area contributed by atoms with Crippen LogP contribution in [0.3, 0.4) is 0 Å². The number of halogens is 2. The fraction of sp³-hybridized carbons (Fsp3) is 0.421. The molecule has 49 heavy (non-hydrogen) atoms. The smallest absolute Gasteiger partial charge is 0.291 e. The summed E-state index contributed by atoms with van der Waals surface area (Å²) in [6.45, 7) is 4.15. The highest BCUT2D eigenvalue weighted by molar-refractivity contribution is 6.36. The summed E-state index contributed by atoms with van der Waals surface area (Å²) < 4.78 is 29.7. The number of nitrogens with one attached hydrogen (secondary N) is 1. The first-order valence-corrected chi connectivity index (χ1v) is 17.4. The van der Waals surface area contributed by atoms with Gasteiger partial charge < -0.3 is 29.4 Å². The number of aliphatic hydroxyl groups is 1. The third-order valence-electron chi connectivity index (χ3n) is 11.1. The number of benzene rings is 3. The highest BCUT2D eigenvalue weighted by Gasteiger charge is 2.59. The average molecular weight is 686 g/mol. The zero-order chi connectivity index (χ0) is 34.0. The van der Waals surface area contributed by atoms with Gasteiger partial charge in [-0.15, -0.1) is 0 Å². The number of carbonyl (C=O) groups is 1. The fourth-order valence-corrected chi connectivity index (χ4v) is 8.62. The largest absolute Gasteiger partial charge is 0.493 e. The lowest BCUT2D eigenvalue weighted by molar-refractivity contribution is 0.101. The van der Waals surface area contributed by atoms with Gasteiger partial charge in [0.1, 0.15) is 6.10 Å². The van der Waals surface area contributed by atoms with Crippen LogP contribution in [0, 0.1) is 17.2 Å². The predicted octanol–water partition coefficient (Wildman–Crippen LogP) is 6.01. The lowest BCUT2D eigenvalue weighted by Gasteiger charge is -2.22. The number of carbonyl (C=O) groups excluding carboxylic acids is 1. The number of ether oxygens (including phenoxy) is 2. The molecule has 3 heterocycles. The van der Waals surface area contributed by atoms with E-state index in [4.69, 9.17) is 21.1 Å². The van der Waals surface area contributed by atoms with Crippen molar-refractivity contribution in [2.75, 3.05) is 45.7 Å². The van der Waals surface area contributed by atoms with Crippen LogP contribution in [0.15, 0.2) is 48.5 Å². The number of piperidine rings is 1. The number of amides is 1. The van der Waals surface area contributed by atoms with Crippen LogP contribution < -0.4 is 14.8 Å². The second-order valence-electron chi connectivity index (χ2n) is 14.2. The molecule has 256 valence electrons. The Bertz CT molecular complexity index is 1960. The van der Waals surface area contributed by atoms with E-state index in [0.29, 0.717) is 42.0 Å². The molecule has 1 saturated heterocycles. The van der Waals surface area contributed by atoms with Crippen molar-refractivity contribution in [1.29, 1.82) is 0 Å². The van der Waals surface area contributed by atoms with Crippen molar-refractivity contribution < 1.29 is 23.8 Å². The van der Waals surface area contributed by atoms with E-state index in [1.807, 2.05) is 48.0 Å². The summed E-state index contributed by atoms with van der Waals surface area (Å²) in [5.74, 6) is 0.440. The van der Waals surface area contributed by atoms with E-state index in [0.717, 1.165) is 78.1 Å². The number of aliphatic hydroxyl groups excluding tert-OH is 1. The molecular weight excluding hydrogens is 645 g/mol. The van der Waals surface area contributed by atoms with Crippen LogP contribution >= 0.6 is 11.6 Å². The Kier molecular flexibility index (Phi) is 8.18. The average Bonchev–Trinajstić information content (AvgIpc) is 3.34. The summed E-state index contributed by atoms with van der Waals surface area (Å²) in [5, 5.41) is 13.2. The molecule has 3 unspecified atom stereocenters. The molecule has 0 spiro atoms. The summed E-state index contributed by atoms with van der Waals surface area (Å²) in [5.41, 5.74) is 7.17. The van der Waals surface area contributed by atoms with Crippen molar-refractivity contribution in [3.8, 4) is 22.6 Å². The molecule has 0 radical (unpaired) electrons. The molecule has 2 aliphatic carbocycles. The van der Waals surface area contributed by atoms with Crippen LogP contribution in [-0.2, 0) is 33.0 Å². The van der Waals surface area contributed by atoms with Crippen LogP contribution in [0.1, 0.15) is 57.6 Å². The third-order valence-corrected chi connectivity index (χ3v) is 11.5. The molecule has 8 rings (SSSR count). The van der Waals surface area contributed by atoms with Crippen LogP contribution in [0.25, 0.3) is 11.1 Å². The van der Waals surface area contributed by atoms with E-state index >= 15 is 4.39 Å². The minimum atomic E-state index is -0.502. The van der Waals surface area contributed by atoms with Crippen molar-refractivity contribution in [1.82, 2.24) is 19.4 Å². The molecule has 2 N–H and O–H groups in total. The third kappa shape index (κ3) is 5.59. The summed E-state index contributed by atoms with van der Waals surface area (Å²) in [7, 11) is 5.43.